The number of nitrogens with one attached hydrogen (secondary N) is 1. The van der Waals surface area contributed by atoms with Crippen LogP contribution in [0.15, 0.2) is 48.5 Å². The molecule has 0 radical (unpaired) electrons. The molecule has 6 heteroatoms. The molecular weight excluding hydrogens is 364 g/mol. The Kier molecular flexibility index (Phi) is 7.67. The molecule has 0 saturated carbocycles. The number of aryl methyl sites for hydroxylation is 1. The maximum atomic E-state index is 12.8. The monoisotopic (exact) mass is 388 g/mol. The topological polar surface area (TPSA) is 58.6 Å². The van der Waals surface area contributed by atoms with Gasteiger partial charge in [-0.3, -0.25) is 9.59 Å². The van der Waals surface area contributed by atoms with E-state index in [0.29, 0.717) is 23.9 Å². The first kappa shape index (κ1) is 20.8. The molecule has 5 nitrogen and oxygen atoms in total. The maximum Gasteiger partial charge on any atom is 0.261 e. The number of benzene rings is 2. The SMILES string of the molecule is CCNC(=O)[C@@H](C)N(Cc1ccc(C)cc1)C(=O)COc1ccccc1Cl. The first-order valence-corrected chi connectivity index (χ1v) is 9.30. The number of para-hydroxylation sites is 1. The van der Waals surface area contributed by atoms with Gasteiger partial charge >= 0.3 is 0 Å². The zero-order valence-corrected chi connectivity index (χ0v) is 16.6. The van der Waals surface area contributed by atoms with E-state index in [1.807, 2.05) is 38.1 Å². The third kappa shape index (κ3) is 6.00. The van der Waals surface area contributed by atoms with Crippen molar-refractivity contribution in [2.75, 3.05) is 13.2 Å². The smallest absolute Gasteiger partial charge is 0.261 e. The molecular formula is C21H25ClN2O3. The molecule has 0 bridgehead atoms. The van der Waals surface area contributed by atoms with Gasteiger partial charge in [-0.2, -0.15) is 0 Å². The van der Waals surface area contributed by atoms with Gasteiger partial charge in [0.1, 0.15) is 11.8 Å². The van der Waals surface area contributed by atoms with Gasteiger partial charge in [-0.05, 0) is 38.5 Å². The summed E-state index contributed by atoms with van der Waals surface area (Å²) in [6.07, 6.45) is 0. The Morgan fingerprint density at radius 1 is 1.15 bits per heavy atom. The quantitative estimate of drug-likeness (QED) is 0.751. The highest BCUT2D eigenvalue weighted by atomic mass is 35.5. The number of hydrogen-bond acceptors (Lipinski definition) is 3. The molecule has 2 amide bonds. The number of hydrogen-bond donors (Lipinski definition) is 1. The van der Waals surface area contributed by atoms with E-state index < -0.39 is 6.04 Å². The Morgan fingerprint density at radius 3 is 2.44 bits per heavy atom. The first-order valence-electron chi connectivity index (χ1n) is 8.92. The molecule has 2 rings (SSSR count). The lowest BCUT2D eigenvalue weighted by Crippen LogP contribution is -2.49. The second-order valence-corrected chi connectivity index (χ2v) is 6.70. The van der Waals surface area contributed by atoms with Crippen molar-refractivity contribution < 1.29 is 14.3 Å². The van der Waals surface area contributed by atoms with Crippen molar-refractivity contribution in [3.63, 3.8) is 0 Å². The number of amides is 2. The predicted octanol–water partition coefficient (Wildman–Crippen LogP) is 3.58. The minimum atomic E-state index is -0.617. The van der Waals surface area contributed by atoms with Gasteiger partial charge in [-0.1, -0.05) is 53.6 Å². The van der Waals surface area contributed by atoms with Gasteiger partial charge in [0.2, 0.25) is 5.91 Å². The average molecular weight is 389 g/mol. The molecule has 0 aliphatic rings. The molecule has 1 atom stereocenters. The van der Waals surface area contributed by atoms with Gasteiger partial charge in [-0.15, -0.1) is 0 Å². The van der Waals surface area contributed by atoms with Crippen LogP contribution in [0.25, 0.3) is 0 Å². The molecule has 0 saturated heterocycles. The molecule has 0 aliphatic carbocycles. The maximum absolute atomic E-state index is 12.8. The zero-order chi connectivity index (χ0) is 19.8. The van der Waals surface area contributed by atoms with Crippen LogP contribution in [0.1, 0.15) is 25.0 Å². The van der Waals surface area contributed by atoms with Gasteiger partial charge in [0.05, 0.1) is 5.02 Å². The van der Waals surface area contributed by atoms with E-state index >= 15 is 0 Å². The van der Waals surface area contributed by atoms with Crippen LogP contribution in [-0.2, 0) is 16.1 Å². The lowest BCUT2D eigenvalue weighted by molar-refractivity contribution is -0.142. The molecule has 144 valence electrons. The van der Waals surface area contributed by atoms with Crippen LogP contribution in [0, 0.1) is 6.92 Å². The van der Waals surface area contributed by atoms with Crippen LogP contribution >= 0.6 is 11.6 Å². The number of likely N-dealkylation sites (N-methyl/N-ethyl adjacent to an activating group) is 1. The van der Waals surface area contributed by atoms with Gasteiger partial charge in [0.15, 0.2) is 6.61 Å². The van der Waals surface area contributed by atoms with Gasteiger partial charge in [0.25, 0.3) is 5.91 Å². The van der Waals surface area contributed by atoms with Crippen molar-refractivity contribution in [1.82, 2.24) is 10.2 Å². The van der Waals surface area contributed by atoms with E-state index in [0.717, 1.165) is 11.1 Å². The molecule has 0 aromatic heterocycles. The predicted molar refractivity (Wildman–Crippen MR) is 107 cm³/mol. The van der Waals surface area contributed by atoms with Crippen molar-refractivity contribution in [3.05, 3.63) is 64.7 Å². The molecule has 0 fully saturated rings. The van der Waals surface area contributed by atoms with Crippen molar-refractivity contribution in [2.24, 2.45) is 0 Å². The highest BCUT2D eigenvalue weighted by molar-refractivity contribution is 6.32. The van der Waals surface area contributed by atoms with Crippen LogP contribution in [0.5, 0.6) is 5.75 Å². The summed E-state index contributed by atoms with van der Waals surface area (Å²) in [5, 5.41) is 3.20. The van der Waals surface area contributed by atoms with Crippen molar-refractivity contribution in [3.8, 4) is 5.75 Å². The number of halogens is 1. The van der Waals surface area contributed by atoms with Crippen LogP contribution in [-0.4, -0.2) is 35.9 Å². The minimum absolute atomic E-state index is 0.195. The van der Waals surface area contributed by atoms with E-state index in [2.05, 4.69) is 5.32 Å². The summed E-state index contributed by atoms with van der Waals surface area (Å²) < 4.78 is 5.57. The highest BCUT2D eigenvalue weighted by Crippen LogP contribution is 2.23. The van der Waals surface area contributed by atoms with Gasteiger partial charge in [-0.25, -0.2) is 0 Å². The second-order valence-electron chi connectivity index (χ2n) is 6.30. The van der Waals surface area contributed by atoms with Crippen LogP contribution in [0.3, 0.4) is 0 Å². The summed E-state index contributed by atoms with van der Waals surface area (Å²) in [6.45, 7) is 6.19. The Hall–Kier alpha value is -2.53. The molecule has 0 heterocycles. The van der Waals surface area contributed by atoms with Crippen molar-refractivity contribution in [1.29, 1.82) is 0 Å². The van der Waals surface area contributed by atoms with Crippen molar-refractivity contribution >= 4 is 23.4 Å². The fourth-order valence-corrected chi connectivity index (χ4v) is 2.77. The fraction of sp³-hybridized carbons (Fsp3) is 0.333. The minimum Gasteiger partial charge on any atom is -0.482 e. The molecule has 0 spiro atoms. The summed E-state index contributed by atoms with van der Waals surface area (Å²) in [5.41, 5.74) is 2.08. The summed E-state index contributed by atoms with van der Waals surface area (Å²) in [7, 11) is 0. The number of carbonyl (C=O) groups excluding carboxylic acids is 2. The first-order chi connectivity index (χ1) is 12.9. The molecule has 2 aromatic carbocycles. The highest BCUT2D eigenvalue weighted by Gasteiger charge is 2.26. The standard InChI is InChI=1S/C21H25ClN2O3/c1-4-23-21(26)16(3)24(13-17-11-9-15(2)10-12-17)20(25)14-27-19-8-6-5-7-18(19)22/h5-12,16H,4,13-14H2,1-3H3,(H,23,26)/t16-/m1/s1. The molecule has 27 heavy (non-hydrogen) atoms. The lowest BCUT2D eigenvalue weighted by atomic mass is 10.1. The number of nitrogens with zero attached hydrogens (tertiary/aromatic N) is 1. The molecule has 2 aromatic rings. The van der Waals surface area contributed by atoms with E-state index in [1.54, 1.807) is 31.2 Å². The van der Waals surface area contributed by atoms with E-state index in [9.17, 15) is 9.59 Å². The summed E-state index contributed by atoms with van der Waals surface area (Å²) in [5.74, 6) is -0.0431. The number of ether oxygens (including phenoxy) is 1. The van der Waals surface area contributed by atoms with E-state index in [4.69, 9.17) is 16.3 Å². The number of carbonyl (C=O) groups is 2. The Labute approximate surface area is 165 Å². The lowest BCUT2D eigenvalue weighted by Gasteiger charge is -2.28. The molecule has 0 unspecified atom stereocenters. The third-order valence-electron chi connectivity index (χ3n) is 4.18. The Balaban J connectivity index is 2.14. The van der Waals surface area contributed by atoms with E-state index in [1.165, 1.54) is 4.90 Å². The van der Waals surface area contributed by atoms with Crippen LogP contribution in [0.2, 0.25) is 5.02 Å². The average Bonchev–Trinajstić information content (AvgIpc) is 2.66. The Morgan fingerprint density at radius 2 is 1.81 bits per heavy atom. The number of rotatable bonds is 8. The third-order valence-corrected chi connectivity index (χ3v) is 4.49. The summed E-state index contributed by atoms with van der Waals surface area (Å²) in [6, 6.07) is 14.2. The van der Waals surface area contributed by atoms with Gasteiger partial charge in [0, 0.05) is 13.1 Å². The zero-order valence-electron chi connectivity index (χ0n) is 15.9. The van der Waals surface area contributed by atoms with Crippen molar-refractivity contribution in [2.45, 2.75) is 33.4 Å². The normalized spacial score (nSPS) is 11.6. The van der Waals surface area contributed by atoms with Crippen LogP contribution in [0.4, 0.5) is 0 Å². The molecule has 1 N–H and O–H groups in total. The fourth-order valence-electron chi connectivity index (χ4n) is 2.58. The second kappa shape index (κ2) is 9.97. The van der Waals surface area contributed by atoms with Gasteiger partial charge < -0.3 is 15.0 Å². The Bertz CT molecular complexity index is 777. The van der Waals surface area contributed by atoms with E-state index in [-0.39, 0.29) is 18.4 Å². The molecule has 0 aliphatic heterocycles. The largest absolute Gasteiger partial charge is 0.482 e. The summed E-state index contributed by atoms with van der Waals surface area (Å²) in [4.78, 5) is 26.6. The summed E-state index contributed by atoms with van der Waals surface area (Å²) >= 11 is 6.07. The van der Waals surface area contributed by atoms with Crippen LogP contribution < -0.4 is 10.1 Å².